The number of nitrogens with zero attached hydrogens (tertiary/aromatic N) is 6. The van der Waals surface area contributed by atoms with Crippen molar-refractivity contribution in [2.75, 3.05) is 18.0 Å². The Labute approximate surface area is 293 Å². The lowest BCUT2D eigenvalue weighted by Gasteiger charge is -2.24. The molecule has 4 aromatic rings. The number of carbonyl (C=O) groups is 3. The van der Waals surface area contributed by atoms with Crippen molar-refractivity contribution < 1.29 is 55.7 Å². The largest absolute Gasteiger partial charge is 0.490 e. The maximum atomic E-state index is 12.2. The van der Waals surface area contributed by atoms with E-state index in [0.29, 0.717) is 38.8 Å². The van der Waals surface area contributed by atoms with Crippen molar-refractivity contribution in [1.82, 2.24) is 35.2 Å². The normalized spacial score (nSPS) is 18.3. The molecule has 2 atom stereocenters. The standard InChI is InChI=1S/C25H27ClN8O2S.2C2HF3O2/c1-5-15-18(26)17-21(30-15)32-23(37-12-8-16-20(29-9-12)28-7-6-27-16)33-22(17)34-10-13-14(11-34)19(13)31-24(35)36-25(2,3)4;2*3-2(4,5)1(6)7/h6-9,13-14,19H,5,10-11H2,1-4H3,(H,31,35)(H,30,32,33);2*(H,6,7). The van der Waals surface area contributed by atoms with E-state index in [2.05, 4.69) is 37.1 Å². The zero-order valence-electron chi connectivity index (χ0n) is 26.9. The Bertz CT molecular complexity index is 1900. The Morgan fingerprint density at radius 1 is 1.00 bits per heavy atom. The van der Waals surface area contributed by atoms with Crippen LogP contribution >= 0.6 is 23.4 Å². The van der Waals surface area contributed by atoms with Gasteiger partial charge >= 0.3 is 30.4 Å². The molecule has 14 nitrogen and oxygen atoms in total. The topological polar surface area (TPSA) is 196 Å². The number of pyridine rings is 1. The minimum absolute atomic E-state index is 0.120. The summed E-state index contributed by atoms with van der Waals surface area (Å²) in [6.07, 6.45) is -4.74. The van der Waals surface area contributed by atoms with Gasteiger partial charge in [-0.05, 0) is 45.0 Å². The van der Waals surface area contributed by atoms with E-state index in [1.165, 1.54) is 11.8 Å². The van der Waals surface area contributed by atoms with Crippen molar-refractivity contribution in [1.29, 1.82) is 0 Å². The average Bonchev–Trinajstić information content (AvgIpc) is 3.31. The van der Waals surface area contributed by atoms with E-state index in [4.69, 9.17) is 46.1 Å². The number of hydrogen-bond donors (Lipinski definition) is 4. The first-order chi connectivity index (χ1) is 23.6. The first-order valence-corrected chi connectivity index (χ1v) is 16.0. The third kappa shape index (κ3) is 9.99. The number of hydrogen-bond acceptors (Lipinski definition) is 11. The van der Waals surface area contributed by atoms with Crippen LogP contribution < -0.4 is 10.2 Å². The Balaban J connectivity index is 0.000000353. The van der Waals surface area contributed by atoms with E-state index >= 15 is 0 Å². The number of carboxylic acid groups (broad SMARTS) is 2. The number of H-pyrrole nitrogens is 1. The summed E-state index contributed by atoms with van der Waals surface area (Å²) < 4.78 is 68.9. The summed E-state index contributed by atoms with van der Waals surface area (Å²) in [5, 5.41) is 19.4. The molecule has 1 saturated carbocycles. The zero-order chi connectivity index (χ0) is 38.1. The van der Waals surface area contributed by atoms with Gasteiger partial charge in [0.25, 0.3) is 0 Å². The van der Waals surface area contributed by atoms with Gasteiger partial charge in [-0.15, -0.1) is 0 Å². The predicted octanol–water partition coefficient (Wildman–Crippen LogP) is 5.89. The molecule has 0 radical (unpaired) electrons. The number of amides is 1. The molecule has 22 heteroatoms. The Kier molecular flexibility index (Phi) is 11.4. The van der Waals surface area contributed by atoms with E-state index in [-0.39, 0.29) is 12.1 Å². The molecule has 4 aromatic heterocycles. The maximum Gasteiger partial charge on any atom is 0.490 e. The molecule has 1 aliphatic heterocycles. The Morgan fingerprint density at radius 3 is 2.10 bits per heavy atom. The van der Waals surface area contributed by atoms with Gasteiger partial charge in [0.15, 0.2) is 10.8 Å². The van der Waals surface area contributed by atoms with Crippen molar-refractivity contribution in [2.24, 2.45) is 11.8 Å². The summed E-state index contributed by atoms with van der Waals surface area (Å²) in [4.78, 5) is 59.3. The van der Waals surface area contributed by atoms with Crippen LogP contribution in [0.25, 0.3) is 22.2 Å². The number of carbonyl (C=O) groups excluding carboxylic acids is 1. The second-order valence-corrected chi connectivity index (χ2v) is 13.4. The number of alkyl carbamates (subject to hydrolysis) is 1. The van der Waals surface area contributed by atoms with Crippen LogP contribution in [0, 0.1) is 11.8 Å². The monoisotopic (exact) mass is 766 g/mol. The number of alkyl halides is 6. The number of halogens is 7. The first kappa shape index (κ1) is 39.1. The quantitative estimate of drug-likeness (QED) is 0.139. The van der Waals surface area contributed by atoms with Gasteiger partial charge < -0.3 is 30.2 Å². The van der Waals surface area contributed by atoms with Gasteiger partial charge in [0.2, 0.25) is 0 Å². The summed E-state index contributed by atoms with van der Waals surface area (Å²) in [7, 11) is 0. The highest BCUT2D eigenvalue weighted by Crippen LogP contribution is 2.48. The smallest absolute Gasteiger partial charge is 0.475 e. The molecule has 2 aliphatic rings. The van der Waals surface area contributed by atoms with Crippen LogP contribution in [-0.2, 0) is 20.7 Å². The Morgan fingerprint density at radius 2 is 1.57 bits per heavy atom. The van der Waals surface area contributed by atoms with Gasteiger partial charge in [-0.3, -0.25) is 4.98 Å². The lowest BCUT2D eigenvalue weighted by molar-refractivity contribution is -0.193. The molecule has 51 heavy (non-hydrogen) atoms. The van der Waals surface area contributed by atoms with Crippen LogP contribution in [0.2, 0.25) is 5.02 Å². The molecule has 2 unspecified atom stereocenters. The fourth-order valence-electron chi connectivity index (χ4n) is 4.95. The second-order valence-electron chi connectivity index (χ2n) is 12.0. The van der Waals surface area contributed by atoms with Crippen LogP contribution in [0.1, 0.15) is 33.4 Å². The molecule has 276 valence electrons. The maximum absolute atomic E-state index is 12.2. The van der Waals surface area contributed by atoms with E-state index in [9.17, 15) is 31.1 Å². The molecule has 6 rings (SSSR count). The molecule has 0 spiro atoms. The van der Waals surface area contributed by atoms with Crippen LogP contribution in [0.5, 0.6) is 0 Å². The lowest BCUT2D eigenvalue weighted by Crippen LogP contribution is -2.38. The fourth-order valence-corrected chi connectivity index (χ4v) is 6.06. The number of carboxylic acids is 2. The minimum Gasteiger partial charge on any atom is -0.475 e. The number of rotatable bonds is 5. The Hall–Kier alpha value is -4.66. The second kappa shape index (κ2) is 14.9. The third-order valence-electron chi connectivity index (χ3n) is 7.15. The molecule has 1 aliphatic carbocycles. The van der Waals surface area contributed by atoms with Crippen molar-refractivity contribution >= 4 is 69.4 Å². The van der Waals surface area contributed by atoms with Crippen LogP contribution in [0.15, 0.2) is 34.7 Å². The third-order valence-corrected chi connectivity index (χ3v) is 8.39. The van der Waals surface area contributed by atoms with Crippen molar-refractivity contribution in [3.05, 3.63) is 35.4 Å². The van der Waals surface area contributed by atoms with E-state index in [1.807, 2.05) is 26.8 Å². The summed E-state index contributed by atoms with van der Waals surface area (Å²) in [5.74, 6) is -4.01. The van der Waals surface area contributed by atoms with Crippen LogP contribution in [0.4, 0.5) is 37.0 Å². The number of aryl methyl sites for hydroxylation is 1. The van der Waals surface area contributed by atoms with Crippen LogP contribution in [-0.4, -0.2) is 95.2 Å². The lowest BCUT2D eigenvalue weighted by atomic mass is 10.2. The molecule has 2 fully saturated rings. The highest BCUT2D eigenvalue weighted by molar-refractivity contribution is 7.99. The van der Waals surface area contributed by atoms with Gasteiger partial charge in [-0.2, -0.15) is 26.3 Å². The number of aromatic nitrogens is 6. The number of fused-ring (bicyclic) bond motifs is 3. The highest BCUT2D eigenvalue weighted by atomic mass is 35.5. The summed E-state index contributed by atoms with van der Waals surface area (Å²) in [6, 6.07) is 2.06. The van der Waals surface area contributed by atoms with Gasteiger partial charge in [0, 0.05) is 60.1 Å². The summed E-state index contributed by atoms with van der Waals surface area (Å²) in [5.41, 5.74) is 2.44. The van der Waals surface area contributed by atoms with E-state index < -0.39 is 29.9 Å². The molecule has 5 heterocycles. The number of piperidine rings is 1. The molecular formula is C29H29ClF6N8O6S. The molecule has 0 bridgehead atoms. The number of anilines is 1. The number of aromatic amines is 1. The van der Waals surface area contributed by atoms with Gasteiger partial charge in [-0.1, -0.05) is 18.5 Å². The summed E-state index contributed by atoms with van der Waals surface area (Å²) in [6.45, 7) is 9.20. The molecule has 1 saturated heterocycles. The van der Waals surface area contributed by atoms with E-state index in [0.717, 1.165) is 41.3 Å². The van der Waals surface area contributed by atoms with Gasteiger partial charge in [-0.25, -0.2) is 34.3 Å². The number of ether oxygens (including phenoxy) is 1. The number of nitrogens with one attached hydrogen (secondary N) is 2. The molecule has 4 N–H and O–H groups in total. The predicted molar refractivity (Wildman–Crippen MR) is 169 cm³/mol. The van der Waals surface area contributed by atoms with E-state index in [1.54, 1.807) is 18.6 Å². The highest BCUT2D eigenvalue weighted by Gasteiger charge is 2.57. The molecule has 1 amide bonds. The minimum atomic E-state index is -5.08. The van der Waals surface area contributed by atoms with Gasteiger partial charge in [0.1, 0.15) is 22.6 Å². The first-order valence-electron chi connectivity index (χ1n) is 14.8. The molecule has 0 aromatic carbocycles. The van der Waals surface area contributed by atoms with Crippen molar-refractivity contribution in [3.8, 4) is 0 Å². The fraction of sp³-hybridized carbons (Fsp3) is 0.448. The average molecular weight is 767 g/mol. The van der Waals surface area contributed by atoms with Crippen molar-refractivity contribution in [3.63, 3.8) is 0 Å². The molecular weight excluding hydrogens is 738 g/mol. The summed E-state index contributed by atoms with van der Waals surface area (Å²) >= 11 is 8.21. The van der Waals surface area contributed by atoms with Crippen molar-refractivity contribution in [2.45, 2.75) is 68.2 Å². The van der Waals surface area contributed by atoms with Crippen LogP contribution in [0.3, 0.4) is 0 Å². The number of aliphatic carboxylic acids is 2. The zero-order valence-corrected chi connectivity index (χ0v) is 28.5. The van der Waals surface area contributed by atoms with Gasteiger partial charge in [0.05, 0.1) is 10.4 Å². The SMILES string of the molecule is CCc1[nH]c2nc(Sc3cnc4nccnc4c3)nc(N3CC4C(C3)C4NC(=O)OC(C)(C)C)c2c1Cl.O=C(O)C(F)(F)F.O=C(O)C(F)(F)F.